The first-order chi connectivity index (χ1) is 8.52. The standard InChI is InChI=1S/C12H13BrFNO3/c1-2-18-12(17)6-5-11(16)15-10-7-8(14)3-4-9(10)13/h3-4,7H,2,5-6H2,1H3,(H,15,16). The lowest BCUT2D eigenvalue weighted by Crippen LogP contribution is -2.15. The van der Waals surface area contributed by atoms with E-state index >= 15 is 0 Å². The van der Waals surface area contributed by atoms with Crippen LogP contribution in [0.3, 0.4) is 0 Å². The first-order valence-corrected chi connectivity index (χ1v) is 6.22. The first kappa shape index (κ1) is 14.6. The Balaban J connectivity index is 2.49. The van der Waals surface area contributed by atoms with Crippen LogP contribution >= 0.6 is 15.9 Å². The van der Waals surface area contributed by atoms with Gasteiger partial charge in [0.1, 0.15) is 5.82 Å². The molecular weight excluding hydrogens is 305 g/mol. The van der Waals surface area contributed by atoms with Crippen molar-refractivity contribution < 1.29 is 18.7 Å². The normalized spacial score (nSPS) is 9.94. The van der Waals surface area contributed by atoms with E-state index in [1.54, 1.807) is 6.92 Å². The van der Waals surface area contributed by atoms with Crippen molar-refractivity contribution >= 4 is 33.5 Å². The molecule has 0 bridgehead atoms. The number of hydrogen-bond acceptors (Lipinski definition) is 3. The van der Waals surface area contributed by atoms with E-state index in [2.05, 4.69) is 21.2 Å². The van der Waals surface area contributed by atoms with Gasteiger partial charge in [-0.15, -0.1) is 0 Å². The molecule has 0 saturated heterocycles. The minimum Gasteiger partial charge on any atom is -0.466 e. The van der Waals surface area contributed by atoms with Crippen molar-refractivity contribution in [2.45, 2.75) is 19.8 Å². The number of carbonyl (C=O) groups is 2. The maximum atomic E-state index is 13.0. The van der Waals surface area contributed by atoms with E-state index < -0.39 is 11.8 Å². The van der Waals surface area contributed by atoms with Gasteiger partial charge in [0.25, 0.3) is 0 Å². The van der Waals surface area contributed by atoms with Gasteiger partial charge in [0.05, 0.1) is 18.7 Å². The summed E-state index contributed by atoms with van der Waals surface area (Å²) in [6.07, 6.45) is 0.00833. The molecule has 0 saturated carbocycles. The minimum atomic E-state index is -0.445. The summed E-state index contributed by atoms with van der Waals surface area (Å²) in [4.78, 5) is 22.6. The Morgan fingerprint density at radius 2 is 2.11 bits per heavy atom. The molecule has 1 N–H and O–H groups in total. The highest BCUT2D eigenvalue weighted by Crippen LogP contribution is 2.23. The quantitative estimate of drug-likeness (QED) is 0.850. The zero-order valence-electron chi connectivity index (χ0n) is 9.83. The predicted molar refractivity (Wildman–Crippen MR) is 68.6 cm³/mol. The van der Waals surface area contributed by atoms with Gasteiger partial charge in [-0.1, -0.05) is 0 Å². The Bertz CT molecular complexity index is 451. The number of carbonyl (C=O) groups excluding carboxylic acids is 2. The van der Waals surface area contributed by atoms with Gasteiger partial charge in [0, 0.05) is 10.9 Å². The molecule has 98 valence electrons. The summed E-state index contributed by atoms with van der Waals surface area (Å²) < 4.78 is 18.2. The monoisotopic (exact) mass is 317 g/mol. The van der Waals surface area contributed by atoms with Crippen LogP contribution in [0.5, 0.6) is 0 Å². The van der Waals surface area contributed by atoms with Crippen molar-refractivity contribution in [2.75, 3.05) is 11.9 Å². The summed E-state index contributed by atoms with van der Waals surface area (Å²) in [6.45, 7) is 1.98. The van der Waals surface area contributed by atoms with Gasteiger partial charge >= 0.3 is 5.97 Å². The highest BCUT2D eigenvalue weighted by Gasteiger charge is 2.09. The van der Waals surface area contributed by atoms with Crippen molar-refractivity contribution in [1.82, 2.24) is 0 Å². The molecule has 1 rings (SSSR count). The highest BCUT2D eigenvalue weighted by molar-refractivity contribution is 9.10. The van der Waals surface area contributed by atoms with Crippen LogP contribution in [0, 0.1) is 5.82 Å². The van der Waals surface area contributed by atoms with Crippen LogP contribution < -0.4 is 5.32 Å². The van der Waals surface area contributed by atoms with Crippen molar-refractivity contribution in [3.8, 4) is 0 Å². The number of esters is 1. The molecule has 4 nitrogen and oxygen atoms in total. The molecule has 0 aliphatic carbocycles. The average Bonchev–Trinajstić information content (AvgIpc) is 2.32. The number of anilines is 1. The molecule has 0 atom stereocenters. The van der Waals surface area contributed by atoms with E-state index in [9.17, 15) is 14.0 Å². The smallest absolute Gasteiger partial charge is 0.306 e. The molecule has 0 fully saturated rings. The van der Waals surface area contributed by atoms with Crippen LogP contribution in [0.4, 0.5) is 10.1 Å². The summed E-state index contributed by atoms with van der Waals surface area (Å²) in [5, 5.41) is 2.51. The van der Waals surface area contributed by atoms with E-state index in [0.29, 0.717) is 10.2 Å². The minimum absolute atomic E-state index is 0.00177. The van der Waals surface area contributed by atoms with Gasteiger partial charge in [0.2, 0.25) is 5.91 Å². The summed E-state index contributed by atoms with van der Waals surface area (Å²) in [5.41, 5.74) is 0.337. The number of benzene rings is 1. The second-order valence-electron chi connectivity index (χ2n) is 3.48. The molecule has 0 spiro atoms. The molecule has 18 heavy (non-hydrogen) atoms. The molecule has 0 aromatic heterocycles. The van der Waals surface area contributed by atoms with Crippen LogP contribution in [0.2, 0.25) is 0 Å². The zero-order chi connectivity index (χ0) is 13.5. The number of rotatable bonds is 5. The Hall–Kier alpha value is -1.43. The van der Waals surface area contributed by atoms with Gasteiger partial charge in [-0.05, 0) is 41.1 Å². The fourth-order valence-corrected chi connectivity index (χ4v) is 1.60. The number of hydrogen-bond donors (Lipinski definition) is 1. The van der Waals surface area contributed by atoms with E-state index in [1.807, 2.05) is 0 Å². The van der Waals surface area contributed by atoms with Gasteiger partial charge in [-0.2, -0.15) is 0 Å². The van der Waals surface area contributed by atoms with E-state index in [4.69, 9.17) is 4.74 Å². The number of halogens is 2. The number of nitrogens with one attached hydrogen (secondary N) is 1. The third-order valence-electron chi connectivity index (χ3n) is 2.06. The molecule has 6 heteroatoms. The third-order valence-corrected chi connectivity index (χ3v) is 2.76. The van der Waals surface area contributed by atoms with Crippen LogP contribution in [-0.2, 0) is 14.3 Å². The summed E-state index contributed by atoms with van der Waals surface area (Å²) in [5.74, 6) is -1.24. The number of ether oxygens (including phenoxy) is 1. The predicted octanol–water partition coefficient (Wildman–Crippen LogP) is 2.87. The Labute approximate surface area is 113 Å². The van der Waals surface area contributed by atoms with Crippen LogP contribution in [0.25, 0.3) is 0 Å². The maximum Gasteiger partial charge on any atom is 0.306 e. The molecule has 0 radical (unpaired) electrons. The van der Waals surface area contributed by atoms with Gasteiger partial charge < -0.3 is 10.1 Å². The van der Waals surface area contributed by atoms with Crippen molar-refractivity contribution in [3.05, 3.63) is 28.5 Å². The Kier molecular flexibility index (Phi) is 5.77. The van der Waals surface area contributed by atoms with Crippen molar-refractivity contribution in [2.24, 2.45) is 0 Å². The third kappa shape index (κ3) is 4.83. The van der Waals surface area contributed by atoms with E-state index in [0.717, 1.165) is 0 Å². The maximum absolute atomic E-state index is 13.0. The average molecular weight is 318 g/mol. The molecule has 1 aromatic carbocycles. The lowest BCUT2D eigenvalue weighted by molar-refractivity contribution is -0.144. The number of amides is 1. The first-order valence-electron chi connectivity index (χ1n) is 5.43. The van der Waals surface area contributed by atoms with Crippen molar-refractivity contribution in [3.63, 3.8) is 0 Å². The van der Waals surface area contributed by atoms with Crippen LogP contribution in [0.1, 0.15) is 19.8 Å². The van der Waals surface area contributed by atoms with Crippen LogP contribution in [0.15, 0.2) is 22.7 Å². The van der Waals surface area contributed by atoms with Crippen molar-refractivity contribution in [1.29, 1.82) is 0 Å². The van der Waals surface area contributed by atoms with Gasteiger partial charge in [0.15, 0.2) is 0 Å². The van der Waals surface area contributed by atoms with E-state index in [1.165, 1.54) is 18.2 Å². The molecule has 0 aliphatic rings. The molecular formula is C12H13BrFNO3. The highest BCUT2D eigenvalue weighted by atomic mass is 79.9. The second kappa shape index (κ2) is 7.10. The van der Waals surface area contributed by atoms with Gasteiger partial charge in [-0.3, -0.25) is 9.59 Å². The second-order valence-corrected chi connectivity index (χ2v) is 4.33. The van der Waals surface area contributed by atoms with E-state index in [-0.39, 0.29) is 25.4 Å². The lowest BCUT2D eigenvalue weighted by atomic mass is 10.2. The Morgan fingerprint density at radius 3 is 2.78 bits per heavy atom. The fourth-order valence-electron chi connectivity index (χ4n) is 1.25. The largest absolute Gasteiger partial charge is 0.466 e. The summed E-state index contributed by atoms with van der Waals surface area (Å²) in [7, 11) is 0. The summed E-state index contributed by atoms with van der Waals surface area (Å²) in [6, 6.07) is 3.97. The molecule has 0 heterocycles. The molecule has 1 amide bonds. The SMILES string of the molecule is CCOC(=O)CCC(=O)Nc1cc(F)ccc1Br. The fraction of sp³-hybridized carbons (Fsp3) is 0.333. The lowest BCUT2D eigenvalue weighted by Gasteiger charge is -2.07. The summed E-state index contributed by atoms with van der Waals surface area (Å²) >= 11 is 3.19. The molecule has 0 unspecified atom stereocenters. The molecule has 0 aliphatic heterocycles. The topological polar surface area (TPSA) is 55.4 Å². The molecule has 1 aromatic rings. The van der Waals surface area contributed by atoms with Gasteiger partial charge in [-0.25, -0.2) is 4.39 Å². The Morgan fingerprint density at radius 1 is 1.39 bits per heavy atom. The van der Waals surface area contributed by atoms with Crippen LogP contribution in [-0.4, -0.2) is 18.5 Å². The zero-order valence-corrected chi connectivity index (χ0v) is 11.4.